The van der Waals surface area contributed by atoms with Gasteiger partial charge in [-0.2, -0.15) is 0 Å². The third kappa shape index (κ3) is 2.82. The van der Waals surface area contributed by atoms with E-state index in [1.165, 1.54) is 28.4 Å². The van der Waals surface area contributed by atoms with Crippen LogP contribution in [-0.4, -0.2) is 59.6 Å². The van der Waals surface area contributed by atoms with E-state index < -0.39 is 12.0 Å². The van der Waals surface area contributed by atoms with Crippen LogP contribution in [0, 0.1) is 0 Å². The molecule has 3 N–H and O–H groups in total. The molecule has 2 atom stereocenters. The minimum Gasteiger partial charge on any atom is -0.477 e. The molecule has 3 heterocycles. The van der Waals surface area contributed by atoms with E-state index in [0.717, 1.165) is 18.8 Å². The van der Waals surface area contributed by atoms with Crippen LogP contribution in [-0.2, 0) is 22.6 Å². The molecule has 24 heavy (non-hydrogen) atoms. The van der Waals surface area contributed by atoms with E-state index in [-0.39, 0.29) is 17.0 Å². The Morgan fingerprint density at radius 3 is 2.83 bits per heavy atom. The Kier molecular flexibility index (Phi) is 4.88. The minimum atomic E-state index is -1.09. The number of aryl methyl sites for hydroxylation is 2. The molecule has 2 aliphatic rings. The zero-order valence-corrected chi connectivity index (χ0v) is 15.1. The van der Waals surface area contributed by atoms with Crippen molar-refractivity contribution in [1.29, 1.82) is 0 Å². The summed E-state index contributed by atoms with van der Waals surface area (Å²) in [5.74, 6) is 0.490. The van der Waals surface area contributed by atoms with Gasteiger partial charge >= 0.3 is 5.97 Å². The van der Waals surface area contributed by atoms with Crippen LogP contribution in [0.25, 0.3) is 0 Å². The van der Waals surface area contributed by atoms with Crippen LogP contribution in [0.3, 0.4) is 0 Å². The summed E-state index contributed by atoms with van der Waals surface area (Å²) in [5.41, 5.74) is 6.52. The van der Waals surface area contributed by atoms with Gasteiger partial charge in [0.15, 0.2) is 0 Å². The Bertz CT molecular complexity index is 696. The van der Waals surface area contributed by atoms with Crippen molar-refractivity contribution in [2.75, 3.05) is 11.5 Å². The van der Waals surface area contributed by atoms with E-state index in [1.807, 2.05) is 18.5 Å². The number of hydrogen-bond donors (Lipinski definition) is 2. The van der Waals surface area contributed by atoms with Crippen molar-refractivity contribution >= 4 is 35.4 Å². The summed E-state index contributed by atoms with van der Waals surface area (Å²) in [4.78, 5) is 29.3. The van der Waals surface area contributed by atoms with Crippen LogP contribution >= 0.6 is 23.5 Å². The van der Waals surface area contributed by atoms with Crippen LogP contribution < -0.4 is 5.73 Å². The largest absolute Gasteiger partial charge is 0.477 e. The molecule has 0 bridgehead atoms. The molecule has 1 amide bonds. The van der Waals surface area contributed by atoms with E-state index in [2.05, 4.69) is 10.1 Å². The number of aliphatic carboxylic acids is 1. The molecule has 130 valence electrons. The van der Waals surface area contributed by atoms with Crippen LogP contribution in [0.5, 0.6) is 0 Å². The van der Waals surface area contributed by atoms with Crippen molar-refractivity contribution in [3.8, 4) is 0 Å². The summed E-state index contributed by atoms with van der Waals surface area (Å²) in [6.45, 7) is 4.77. The Morgan fingerprint density at radius 2 is 2.25 bits per heavy atom. The fourth-order valence-electron chi connectivity index (χ4n) is 2.77. The predicted octanol–water partition coefficient (Wildman–Crippen LogP) is 0.534. The van der Waals surface area contributed by atoms with Crippen molar-refractivity contribution < 1.29 is 14.7 Å². The molecular formula is C14H19N5O3S2. The number of amides is 1. The normalized spacial score (nSPS) is 23.3. The summed E-state index contributed by atoms with van der Waals surface area (Å²) in [6, 6.07) is -0.604. The number of fused-ring (bicyclic) bond motifs is 1. The molecule has 0 saturated carbocycles. The highest BCUT2D eigenvalue weighted by Gasteiger charge is 2.51. The Morgan fingerprint density at radius 1 is 1.50 bits per heavy atom. The molecule has 1 fully saturated rings. The van der Waals surface area contributed by atoms with E-state index >= 15 is 0 Å². The first kappa shape index (κ1) is 17.3. The molecule has 0 aromatic carbocycles. The number of aromatic nitrogens is 3. The number of hydrogen-bond acceptors (Lipinski definition) is 7. The van der Waals surface area contributed by atoms with Crippen molar-refractivity contribution in [3.05, 3.63) is 17.1 Å². The van der Waals surface area contributed by atoms with Gasteiger partial charge < -0.3 is 10.8 Å². The average molecular weight is 369 g/mol. The number of carboxylic acids is 1. The number of rotatable bonds is 6. The van der Waals surface area contributed by atoms with E-state index in [9.17, 15) is 14.7 Å². The average Bonchev–Trinajstić information content (AvgIpc) is 3.00. The first-order valence-electron chi connectivity index (χ1n) is 7.70. The second kappa shape index (κ2) is 6.77. The molecule has 1 aromatic heterocycles. The zero-order valence-electron chi connectivity index (χ0n) is 13.4. The molecule has 0 spiro atoms. The second-order valence-electron chi connectivity index (χ2n) is 5.46. The summed E-state index contributed by atoms with van der Waals surface area (Å²) < 4.78 is 1.85. The highest BCUT2D eigenvalue weighted by atomic mass is 32.2. The third-order valence-corrected chi connectivity index (χ3v) is 6.30. The number of carbonyl (C=O) groups is 2. The fraction of sp³-hybridized carbons (Fsp3) is 0.571. The van der Waals surface area contributed by atoms with E-state index in [1.54, 1.807) is 0 Å². The van der Waals surface area contributed by atoms with E-state index in [4.69, 9.17) is 5.73 Å². The highest BCUT2D eigenvalue weighted by molar-refractivity contribution is 8.01. The zero-order chi connectivity index (χ0) is 17.4. The van der Waals surface area contributed by atoms with Gasteiger partial charge in [0.05, 0.1) is 0 Å². The monoisotopic (exact) mass is 369 g/mol. The van der Waals surface area contributed by atoms with Gasteiger partial charge in [0, 0.05) is 24.5 Å². The number of β-lactam (4-membered cyclic amide) rings is 1. The predicted molar refractivity (Wildman–Crippen MR) is 91.5 cm³/mol. The Hall–Kier alpha value is -1.52. The molecule has 1 aromatic rings. The topological polar surface area (TPSA) is 114 Å². The van der Waals surface area contributed by atoms with Gasteiger partial charge in [-0.3, -0.25) is 9.69 Å². The van der Waals surface area contributed by atoms with Crippen LogP contribution in [0.1, 0.15) is 19.7 Å². The van der Waals surface area contributed by atoms with Gasteiger partial charge in [-0.25, -0.2) is 14.5 Å². The van der Waals surface area contributed by atoms with Gasteiger partial charge in [0.2, 0.25) is 11.1 Å². The van der Waals surface area contributed by atoms with Gasteiger partial charge in [0.1, 0.15) is 22.9 Å². The number of carbonyl (C=O) groups excluding carboxylic acids is 1. The molecule has 8 nitrogen and oxygen atoms in total. The molecule has 2 aliphatic heterocycles. The van der Waals surface area contributed by atoms with Crippen LogP contribution in [0.4, 0.5) is 0 Å². The van der Waals surface area contributed by atoms with Gasteiger partial charge in [-0.05, 0) is 12.5 Å². The number of nitrogens with two attached hydrogens (primary N) is 1. The first-order chi connectivity index (χ1) is 11.5. The molecule has 0 aliphatic carbocycles. The van der Waals surface area contributed by atoms with Crippen LogP contribution in [0.2, 0.25) is 0 Å². The maximum absolute atomic E-state index is 11.9. The number of thioether (sulfide) groups is 2. The van der Waals surface area contributed by atoms with Gasteiger partial charge in [-0.1, -0.05) is 18.7 Å². The Labute approximate surface area is 147 Å². The summed E-state index contributed by atoms with van der Waals surface area (Å²) >= 11 is 2.90. The molecule has 0 radical (unpaired) electrons. The Balaban J connectivity index is 1.79. The van der Waals surface area contributed by atoms with Crippen molar-refractivity contribution in [2.24, 2.45) is 5.73 Å². The standard InChI is InChI=1S/C14H19N5O3S2/c1-3-8-16-14(17-18(8)4-2)24-6-7-5-23-12-9(15)11(20)19(12)10(7)13(21)22/h9,12H,3-6,15H2,1-2H3,(H,21,22)/t9?,12-/m1/s1. The van der Waals surface area contributed by atoms with E-state index in [0.29, 0.717) is 22.2 Å². The molecule has 1 unspecified atom stereocenters. The lowest BCUT2D eigenvalue weighted by Gasteiger charge is -2.48. The number of carboxylic acid groups (broad SMARTS) is 1. The van der Waals surface area contributed by atoms with Gasteiger partial charge in [-0.15, -0.1) is 16.9 Å². The summed E-state index contributed by atoms with van der Waals surface area (Å²) in [5, 5.41) is 14.3. The lowest BCUT2D eigenvalue weighted by Crippen LogP contribution is -2.68. The van der Waals surface area contributed by atoms with Crippen molar-refractivity contribution in [2.45, 2.75) is 43.4 Å². The van der Waals surface area contributed by atoms with Crippen LogP contribution in [0.15, 0.2) is 16.4 Å². The number of nitrogens with zero attached hydrogens (tertiary/aromatic N) is 4. The fourth-order valence-corrected chi connectivity index (χ4v) is 5.06. The third-order valence-electron chi connectivity index (χ3n) is 4.01. The highest BCUT2D eigenvalue weighted by Crippen LogP contribution is 2.40. The van der Waals surface area contributed by atoms with Crippen molar-refractivity contribution in [3.63, 3.8) is 0 Å². The molecule has 1 saturated heterocycles. The lowest BCUT2D eigenvalue weighted by atomic mass is 10.0. The lowest BCUT2D eigenvalue weighted by molar-refractivity contribution is -0.147. The SMILES string of the molecule is CCc1nc(SCC2=C(C(=O)O)N3C(=O)C(N)[C@H]3SC2)nn1CC. The molecule has 10 heteroatoms. The second-order valence-corrected chi connectivity index (χ2v) is 7.51. The minimum absolute atomic E-state index is 0.0728. The summed E-state index contributed by atoms with van der Waals surface area (Å²) in [6.07, 6.45) is 0.794. The summed E-state index contributed by atoms with van der Waals surface area (Å²) in [7, 11) is 0. The smallest absolute Gasteiger partial charge is 0.352 e. The molecular weight excluding hydrogens is 350 g/mol. The first-order valence-corrected chi connectivity index (χ1v) is 9.73. The maximum atomic E-state index is 11.9. The van der Waals surface area contributed by atoms with Gasteiger partial charge in [0.25, 0.3) is 0 Å². The quantitative estimate of drug-likeness (QED) is 0.551. The maximum Gasteiger partial charge on any atom is 0.352 e. The van der Waals surface area contributed by atoms with Crippen molar-refractivity contribution in [1.82, 2.24) is 19.7 Å². The molecule has 3 rings (SSSR count).